The number of hydrogen-bond donors (Lipinski definition) is 2. The van der Waals surface area contributed by atoms with E-state index in [4.69, 9.17) is 0 Å². The Labute approximate surface area is 125 Å². The second-order valence-electron chi connectivity index (χ2n) is 6.53. The van der Waals surface area contributed by atoms with Crippen LogP contribution in [-0.4, -0.2) is 17.9 Å². The van der Waals surface area contributed by atoms with Crippen molar-refractivity contribution in [3.63, 3.8) is 0 Å². The molecule has 0 saturated heterocycles. The fourth-order valence-electron chi connectivity index (χ4n) is 3.32. The van der Waals surface area contributed by atoms with E-state index in [1.54, 1.807) is 6.07 Å². The summed E-state index contributed by atoms with van der Waals surface area (Å²) >= 11 is 0. The van der Waals surface area contributed by atoms with E-state index < -0.39 is 0 Å². The number of amides is 2. The van der Waals surface area contributed by atoms with Crippen LogP contribution in [0, 0.1) is 11.8 Å². The summed E-state index contributed by atoms with van der Waals surface area (Å²) in [6.07, 6.45) is 3.66. The largest absolute Gasteiger partial charge is 0.349 e. The van der Waals surface area contributed by atoms with Gasteiger partial charge < -0.3 is 10.6 Å². The molecule has 2 N–H and O–H groups in total. The molecule has 3 atom stereocenters. The average molecular weight is 286 g/mol. The number of nitrogens with one attached hydrogen (secondary N) is 2. The molecule has 1 aromatic rings. The second-order valence-corrected chi connectivity index (χ2v) is 6.53. The van der Waals surface area contributed by atoms with Gasteiger partial charge in [-0.1, -0.05) is 13.8 Å². The first-order valence-corrected chi connectivity index (χ1v) is 7.76. The zero-order chi connectivity index (χ0) is 15.0. The zero-order valence-electron chi connectivity index (χ0n) is 12.6. The van der Waals surface area contributed by atoms with Crippen LogP contribution in [0.5, 0.6) is 0 Å². The fraction of sp³-hybridized carbons (Fsp3) is 0.529. The minimum absolute atomic E-state index is 0.00217. The van der Waals surface area contributed by atoms with Gasteiger partial charge >= 0.3 is 0 Å². The summed E-state index contributed by atoms with van der Waals surface area (Å²) in [5, 5.41) is 5.93. The molecule has 1 aliphatic heterocycles. The molecule has 4 heteroatoms. The normalized spacial score (nSPS) is 27.9. The van der Waals surface area contributed by atoms with Crippen LogP contribution in [0.2, 0.25) is 0 Å². The van der Waals surface area contributed by atoms with Gasteiger partial charge in [-0.2, -0.15) is 0 Å². The number of rotatable bonds is 2. The highest BCUT2D eigenvalue weighted by atomic mass is 16.2. The predicted molar refractivity (Wildman–Crippen MR) is 82.2 cm³/mol. The lowest BCUT2D eigenvalue weighted by Gasteiger charge is -2.32. The maximum atomic E-state index is 12.4. The lowest BCUT2D eigenvalue weighted by atomic mass is 9.79. The van der Waals surface area contributed by atoms with Gasteiger partial charge in [-0.05, 0) is 54.9 Å². The van der Waals surface area contributed by atoms with Crippen LogP contribution in [0.15, 0.2) is 18.2 Å². The molecule has 21 heavy (non-hydrogen) atoms. The predicted octanol–water partition coefficient (Wildman–Crippen LogP) is 2.74. The molecule has 0 bridgehead atoms. The second kappa shape index (κ2) is 5.51. The van der Waals surface area contributed by atoms with E-state index in [1.807, 2.05) is 12.1 Å². The Morgan fingerprint density at radius 1 is 1.24 bits per heavy atom. The Bertz CT molecular complexity index is 582. The van der Waals surface area contributed by atoms with E-state index in [-0.39, 0.29) is 17.9 Å². The summed E-state index contributed by atoms with van der Waals surface area (Å²) in [5.74, 6) is 1.38. The van der Waals surface area contributed by atoms with Gasteiger partial charge in [-0.25, -0.2) is 0 Å². The molecular weight excluding hydrogens is 264 g/mol. The van der Waals surface area contributed by atoms with Crippen molar-refractivity contribution in [3.05, 3.63) is 29.3 Å². The lowest BCUT2D eigenvalue weighted by molar-refractivity contribution is -0.115. The van der Waals surface area contributed by atoms with Crippen LogP contribution in [0.4, 0.5) is 5.69 Å². The minimum Gasteiger partial charge on any atom is -0.349 e. The van der Waals surface area contributed by atoms with E-state index in [1.165, 1.54) is 6.42 Å². The summed E-state index contributed by atoms with van der Waals surface area (Å²) in [5.41, 5.74) is 2.39. The number of anilines is 1. The van der Waals surface area contributed by atoms with E-state index in [9.17, 15) is 9.59 Å². The van der Waals surface area contributed by atoms with Crippen LogP contribution in [0.25, 0.3) is 0 Å². The molecule has 1 aromatic carbocycles. The van der Waals surface area contributed by atoms with Crippen LogP contribution in [-0.2, 0) is 11.2 Å². The summed E-state index contributed by atoms with van der Waals surface area (Å²) in [4.78, 5) is 23.7. The first-order valence-electron chi connectivity index (χ1n) is 7.76. The standard InChI is InChI=1S/C17H22N2O2/c1-10-3-5-14(7-11(10)2)18-17(21)12-4-6-15-13(8-12)9-16(20)19-15/h4,6,8,10-11,14H,3,5,7,9H2,1-2H3,(H,18,21)(H,19,20). The molecule has 1 fully saturated rings. The SMILES string of the molecule is CC1CCC(NC(=O)c2ccc3c(c2)CC(=O)N3)CC1C. The topological polar surface area (TPSA) is 58.2 Å². The smallest absolute Gasteiger partial charge is 0.251 e. The van der Waals surface area contributed by atoms with Crippen molar-refractivity contribution in [1.82, 2.24) is 5.32 Å². The minimum atomic E-state index is -0.0242. The van der Waals surface area contributed by atoms with Gasteiger partial charge in [0.2, 0.25) is 5.91 Å². The number of hydrogen-bond acceptors (Lipinski definition) is 2. The lowest BCUT2D eigenvalue weighted by Crippen LogP contribution is -2.39. The Morgan fingerprint density at radius 3 is 2.81 bits per heavy atom. The van der Waals surface area contributed by atoms with Gasteiger partial charge in [-0.15, -0.1) is 0 Å². The third kappa shape index (κ3) is 2.94. The molecule has 1 heterocycles. The highest BCUT2D eigenvalue weighted by Crippen LogP contribution is 2.29. The van der Waals surface area contributed by atoms with Gasteiger partial charge in [0.1, 0.15) is 0 Å². The van der Waals surface area contributed by atoms with Gasteiger partial charge in [0.15, 0.2) is 0 Å². The molecule has 2 amide bonds. The summed E-state index contributed by atoms with van der Waals surface area (Å²) in [6, 6.07) is 5.71. The van der Waals surface area contributed by atoms with Gasteiger partial charge in [0.25, 0.3) is 5.91 Å². The van der Waals surface area contributed by atoms with Crippen molar-refractivity contribution in [1.29, 1.82) is 0 Å². The third-order valence-electron chi connectivity index (χ3n) is 4.93. The van der Waals surface area contributed by atoms with Crippen LogP contribution in [0.3, 0.4) is 0 Å². The Morgan fingerprint density at radius 2 is 2.05 bits per heavy atom. The first-order chi connectivity index (χ1) is 10.0. The Hall–Kier alpha value is -1.84. The van der Waals surface area contributed by atoms with Crippen molar-refractivity contribution in [2.45, 2.75) is 45.6 Å². The Balaban J connectivity index is 1.66. The van der Waals surface area contributed by atoms with Crippen molar-refractivity contribution in [3.8, 4) is 0 Å². The molecule has 4 nitrogen and oxygen atoms in total. The van der Waals surface area contributed by atoms with E-state index in [0.29, 0.717) is 17.9 Å². The van der Waals surface area contributed by atoms with Crippen LogP contribution >= 0.6 is 0 Å². The molecule has 3 unspecified atom stereocenters. The van der Waals surface area contributed by atoms with Crippen molar-refractivity contribution >= 4 is 17.5 Å². The molecular formula is C17H22N2O2. The molecule has 112 valence electrons. The molecule has 0 spiro atoms. The fourth-order valence-corrected chi connectivity index (χ4v) is 3.32. The van der Waals surface area contributed by atoms with Crippen molar-refractivity contribution in [2.24, 2.45) is 11.8 Å². The third-order valence-corrected chi connectivity index (χ3v) is 4.93. The number of benzene rings is 1. The zero-order valence-corrected chi connectivity index (χ0v) is 12.6. The molecule has 2 aliphatic rings. The van der Waals surface area contributed by atoms with Crippen molar-refractivity contribution < 1.29 is 9.59 Å². The maximum absolute atomic E-state index is 12.4. The number of carbonyl (C=O) groups excluding carboxylic acids is 2. The summed E-state index contributed by atoms with van der Waals surface area (Å²) in [6.45, 7) is 4.54. The Kier molecular flexibility index (Phi) is 3.70. The van der Waals surface area contributed by atoms with E-state index in [0.717, 1.165) is 30.0 Å². The average Bonchev–Trinajstić information content (AvgIpc) is 2.82. The molecule has 1 aliphatic carbocycles. The monoisotopic (exact) mass is 286 g/mol. The van der Waals surface area contributed by atoms with Crippen LogP contribution in [0.1, 0.15) is 49.0 Å². The first kappa shape index (κ1) is 14.1. The van der Waals surface area contributed by atoms with Gasteiger partial charge in [0, 0.05) is 17.3 Å². The molecule has 0 aromatic heterocycles. The van der Waals surface area contributed by atoms with Gasteiger partial charge in [0.05, 0.1) is 6.42 Å². The maximum Gasteiger partial charge on any atom is 0.251 e. The van der Waals surface area contributed by atoms with E-state index >= 15 is 0 Å². The summed E-state index contributed by atoms with van der Waals surface area (Å²) in [7, 11) is 0. The van der Waals surface area contributed by atoms with Crippen LogP contribution < -0.4 is 10.6 Å². The molecule has 1 saturated carbocycles. The van der Waals surface area contributed by atoms with Crippen molar-refractivity contribution in [2.75, 3.05) is 5.32 Å². The number of carbonyl (C=O) groups is 2. The molecule has 3 rings (SSSR count). The molecule has 0 radical (unpaired) electrons. The highest BCUT2D eigenvalue weighted by molar-refractivity contribution is 6.01. The van der Waals surface area contributed by atoms with E-state index in [2.05, 4.69) is 24.5 Å². The van der Waals surface area contributed by atoms with Gasteiger partial charge in [-0.3, -0.25) is 9.59 Å². The number of fused-ring (bicyclic) bond motifs is 1. The quantitative estimate of drug-likeness (QED) is 0.878. The summed E-state index contributed by atoms with van der Waals surface area (Å²) < 4.78 is 0. The highest BCUT2D eigenvalue weighted by Gasteiger charge is 2.26.